The second kappa shape index (κ2) is 8.41. The first-order valence-corrected chi connectivity index (χ1v) is 10.7. The van der Waals surface area contributed by atoms with Gasteiger partial charge in [-0.2, -0.15) is 9.40 Å². The zero-order valence-electron chi connectivity index (χ0n) is 16.2. The molecule has 0 unspecified atom stereocenters. The predicted octanol–water partition coefficient (Wildman–Crippen LogP) is 2.38. The zero-order valence-corrected chi connectivity index (χ0v) is 17.0. The van der Waals surface area contributed by atoms with Crippen molar-refractivity contribution in [3.8, 4) is 11.4 Å². The normalized spacial score (nSPS) is 15.7. The number of ether oxygens (including phenoxy) is 1. The van der Waals surface area contributed by atoms with Gasteiger partial charge in [0, 0.05) is 38.6 Å². The smallest absolute Gasteiger partial charge is 0.246 e. The van der Waals surface area contributed by atoms with Crippen LogP contribution < -0.4 is 4.74 Å². The van der Waals surface area contributed by atoms with Crippen molar-refractivity contribution in [2.75, 3.05) is 34.3 Å². The molecule has 0 bridgehead atoms. The fourth-order valence-corrected chi connectivity index (χ4v) is 4.88. The van der Waals surface area contributed by atoms with Crippen molar-refractivity contribution in [3.05, 3.63) is 36.7 Å². The molecule has 0 amide bonds. The Hall–Kier alpha value is -1.90. The highest BCUT2D eigenvalue weighted by Gasteiger charge is 2.27. The summed E-state index contributed by atoms with van der Waals surface area (Å²) >= 11 is 0. The van der Waals surface area contributed by atoms with Crippen molar-refractivity contribution in [2.24, 2.45) is 0 Å². The summed E-state index contributed by atoms with van der Waals surface area (Å²) in [6.45, 7) is 1.14. The Kier molecular flexibility index (Phi) is 6.18. The molecule has 0 saturated heterocycles. The molecule has 3 rings (SSSR count). The fourth-order valence-electron chi connectivity index (χ4n) is 3.55. The minimum atomic E-state index is -3.67. The average Bonchev–Trinajstić information content (AvgIpc) is 3.39. The van der Waals surface area contributed by atoms with Gasteiger partial charge >= 0.3 is 0 Å². The Morgan fingerprint density at radius 1 is 1.22 bits per heavy atom. The van der Waals surface area contributed by atoms with E-state index in [1.54, 1.807) is 48.4 Å². The van der Waals surface area contributed by atoms with Gasteiger partial charge in [0.1, 0.15) is 10.6 Å². The van der Waals surface area contributed by atoms with Gasteiger partial charge in [-0.15, -0.1) is 0 Å². The van der Waals surface area contributed by atoms with Crippen LogP contribution in [0.25, 0.3) is 5.69 Å². The molecule has 1 aromatic heterocycles. The number of likely N-dealkylation sites (N-methyl/N-ethyl adjacent to an activating group) is 2. The van der Waals surface area contributed by atoms with E-state index >= 15 is 0 Å². The Morgan fingerprint density at radius 2 is 1.96 bits per heavy atom. The molecule has 27 heavy (non-hydrogen) atoms. The molecular weight excluding hydrogens is 364 g/mol. The fraction of sp³-hybridized carbons (Fsp3) is 0.526. The lowest BCUT2D eigenvalue weighted by Gasteiger charge is -2.27. The van der Waals surface area contributed by atoms with E-state index in [1.807, 2.05) is 0 Å². The number of hydrogen-bond acceptors (Lipinski definition) is 5. The molecule has 0 radical (unpaired) electrons. The van der Waals surface area contributed by atoms with Crippen molar-refractivity contribution < 1.29 is 13.2 Å². The molecule has 0 spiro atoms. The lowest BCUT2D eigenvalue weighted by Crippen LogP contribution is -2.38. The lowest BCUT2D eigenvalue weighted by atomic mass is 10.2. The van der Waals surface area contributed by atoms with Gasteiger partial charge in [0.15, 0.2) is 0 Å². The third-order valence-electron chi connectivity index (χ3n) is 5.32. The Balaban J connectivity index is 1.79. The third-order valence-corrected chi connectivity index (χ3v) is 7.20. The van der Waals surface area contributed by atoms with Crippen LogP contribution in [0.5, 0.6) is 5.75 Å². The van der Waals surface area contributed by atoms with Crippen molar-refractivity contribution in [1.82, 2.24) is 19.0 Å². The first kappa shape index (κ1) is 19.9. The standard InChI is InChI=1S/C19H28N4O3S/c1-21(16-7-4-5-8-16)13-14-22(2)27(24,25)19-15-17(9-10-18(19)26-3)23-12-6-11-20-23/h6,9-12,15-16H,4-5,7-8,13-14H2,1-3H3. The van der Waals surface area contributed by atoms with E-state index in [2.05, 4.69) is 17.0 Å². The van der Waals surface area contributed by atoms with Gasteiger partial charge in [-0.25, -0.2) is 13.1 Å². The lowest BCUT2D eigenvalue weighted by molar-refractivity contribution is 0.232. The summed E-state index contributed by atoms with van der Waals surface area (Å²) in [5.41, 5.74) is 0.677. The maximum Gasteiger partial charge on any atom is 0.246 e. The maximum absolute atomic E-state index is 13.2. The molecular formula is C19H28N4O3S. The molecule has 8 heteroatoms. The number of rotatable bonds is 8. The average molecular weight is 393 g/mol. The topological polar surface area (TPSA) is 67.7 Å². The third kappa shape index (κ3) is 4.34. The van der Waals surface area contributed by atoms with Crippen LogP contribution in [0.3, 0.4) is 0 Å². The van der Waals surface area contributed by atoms with Crippen LogP contribution >= 0.6 is 0 Å². The van der Waals surface area contributed by atoms with E-state index in [4.69, 9.17) is 4.74 Å². The molecule has 1 aromatic carbocycles. The van der Waals surface area contributed by atoms with E-state index in [0.29, 0.717) is 30.6 Å². The molecule has 1 aliphatic rings. The first-order chi connectivity index (χ1) is 12.9. The van der Waals surface area contributed by atoms with Crippen LogP contribution in [0.2, 0.25) is 0 Å². The monoisotopic (exact) mass is 392 g/mol. The van der Waals surface area contributed by atoms with Crippen molar-refractivity contribution >= 4 is 10.0 Å². The minimum Gasteiger partial charge on any atom is -0.495 e. The summed E-state index contributed by atoms with van der Waals surface area (Å²) in [5, 5.41) is 4.17. The molecule has 1 aliphatic carbocycles. The highest BCUT2D eigenvalue weighted by molar-refractivity contribution is 7.89. The van der Waals surface area contributed by atoms with Gasteiger partial charge in [-0.3, -0.25) is 0 Å². The summed E-state index contributed by atoms with van der Waals surface area (Å²) < 4.78 is 34.7. The summed E-state index contributed by atoms with van der Waals surface area (Å²) in [6.07, 6.45) is 8.36. The van der Waals surface area contributed by atoms with Crippen LogP contribution in [0, 0.1) is 0 Å². The maximum atomic E-state index is 13.2. The van der Waals surface area contributed by atoms with Gasteiger partial charge in [0.25, 0.3) is 0 Å². The van der Waals surface area contributed by atoms with Crippen LogP contribution in [0.1, 0.15) is 25.7 Å². The first-order valence-electron chi connectivity index (χ1n) is 9.28. The van der Waals surface area contributed by atoms with E-state index < -0.39 is 10.0 Å². The summed E-state index contributed by atoms with van der Waals surface area (Å²) in [6, 6.07) is 7.43. The molecule has 1 saturated carbocycles. The highest BCUT2D eigenvalue weighted by atomic mass is 32.2. The molecule has 148 valence electrons. The SMILES string of the molecule is COc1ccc(-n2cccn2)cc1S(=O)(=O)N(C)CCN(C)C1CCCC1. The Labute approximate surface area is 161 Å². The van der Waals surface area contributed by atoms with Crippen LogP contribution in [-0.2, 0) is 10.0 Å². The Morgan fingerprint density at radius 3 is 2.59 bits per heavy atom. The van der Waals surface area contributed by atoms with Crippen LogP contribution in [-0.4, -0.2) is 67.7 Å². The summed E-state index contributed by atoms with van der Waals surface area (Å²) in [5.74, 6) is 0.335. The molecule has 1 heterocycles. The van der Waals surface area contributed by atoms with Crippen molar-refractivity contribution in [1.29, 1.82) is 0 Å². The summed E-state index contributed by atoms with van der Waals surface area (Å²) in [7, 11) is 1.51. The molecule has 7 nitrogen and oxygen atoms in total. The van der Waals surface area contributed by atoms with Gasteiger partial charge in [0.05, 0.1) is 12.8 Å². The van der Waals surface area contributed by atoms with E-state index in [-0.39, 0.29) is 4.90 Å². The number of benzene rings is 1. The van der Waals surface area contributed by atoms with Gasteiger partial charge < -0.3 is 9.64 Å². The van der Waals surface area contributed by atoms with E-state index in [0.717, 1.165) is 0 Å². The number of nitrogens with zero attached hydrogens (tertiary/aromatic N) is 4. The highest BCUT2D eigenvalue weighted by Crippen LogP contribution is 2.29. The molecule has 0 N–H and O–H groups in total. The molecule has 0 atom stereocenters. The minimum absolute atomic E-state index is 0.156. The van der Waals surface area contributed by atoms with Crippen molar-refractivity contribution in [3.63, 3.8) is 0 Å². The Bertz CT molecular complexity index is 846. The number of aromatic nitrogens is 2. The van der Waals surface area contributed by atoms with Crippen molar-refractivity contribution in [2.45, 2.75) is 36.6 Å². The van der Waals surface area contributed by atoms with Crippen LogP contribution in [0.15, 0.2) is 41.6 Å². The number of methoxy groups -OCH3 is 1. The quantitative estimate of drug-likeness (QED) is 0.690. The van der Waals surface area contributed by atoms with Gasteiger partial charge in [0.2, 0.25) is 10.0 Å². The van der Waals surface area contributed by atoms with Gasteiger partial charge in [-0.05, 0) is 44.2 Å². The zero-order chi connectivity index (χ0) is 19.4. The summed E-state index contributed by atoms with van der Waals surface area (Å²) in [4.78, 5) is 2.43. The molecule has 2 aromatic rings. The second-order valence-corrected chi connectivity index (χ2v) is 9.04. The number of sulfonamides is 1. The van der Waals surface area contributed by atoms with Crippen LogP contribution in [0.4, 0.5) is 0 Å². The predicted molar refractivity (Wildman–Crippen MR) is 105 cm³/mol. The number of hydrogen-bond donors (Lipinski definition) is 0. The van der Waals surface area contributed by atoms with E-state index in [1.165, 1.54) is 37.1 Å². The van der Waals surface area contributed by atoms with E-state index in [9.17, 15) is 8.42 Å². The largest absolute Gasteiger partial charge is 0.495 e. The molecule has 1 fully saturated rings. The van der Waals surface area contributed by atoms with Gasteiger partial charge in [-0.1, -0.05) is 12.8 Å². The second-order valence-electron chi connectivity index (χ2n) is 7.03. The molecule has 0 aliphatic heterocycles.